The fourth-order valence-corrected chi connectivity index (χ4v) is 4.45. The number of nitrogens with one attached hydrogen (secondary N) is 2. The summed E-state index contributed by atoms with van der Waals surface area (Å²) in [5.41, 5.74) is -0.703. The third-order valence-electron chi connectivity index (χ3n) is 5.93. The van der Waals surface area contributed by atoms with Crippen molar-refractivity contribution in [2.75, 3.05) is 44.2 Å². The zero-order chi connectivity index (χ0) is 18.9. The van der Waals surface area contributed by atoms with Crippen LogP contribution < -0.4 is 15.1 Å². The summed E-state index contributed by atoms with van der Waals surface area (Å²) in [4.78, 5) is 38.1. The van der Waals surface area contributed by atoms with Crippen molar-refractivity contribution in [3.8, 4) is 0 Å². The Bertz CT molecular complexity index is 686. The highest BCUT2D eigenvalue weighted by atomic mass is 16.3. The molecule has 146 valence electrons. The van der Waals surface area contributed by atoms with Gasteiger partial charge in [-0.2, -0.15) is 0 Å². The predicted octanol–water partition coefficient (Wildman–Crippen LogP) is -1.59. The Morgan fingerprint density at radius 1 is 1.19 bits per heavy atom. The van der Waals surface area contributed by atoms with Gasteiger partial charge in [-0.05, 0) is 18.9 Å². The van der Waals surface area contributed by atoms with Gasteiger partial charge < -0.3 is 20.2 Å². The van der Waals surface area contributed by atoms with Crippen molar-refractivity contribution in [2.24, 2.45) is 0 Å². The van der Waals surface area contributed by atoms with Crippen molar-refractivity contribution in [1.82, 2.24) is 20.2 Å². The van der Waals surface area contributed by atoms with Crippen LogP contribution in [0.15, 0.2) is 18.5 Å². The number of amides is 3. The lowest BCUT2D eigenvalue weighted by atomic mass is 9.98. The highest BCUT2D eigenvalue weighted by Gasteiger charge is 2.52. The lowest BCUT2D eigenvalue weighted by Gasteiger charge is -2.33. The second-order valence-corrected chi connectivity index (χ2v) is 7.78. The fraction of sp³-hybridized carbons (Fsp3) is 0.667. The molecule has 1 atom stereocenters. The van der Waals surface area contributed by atoms with E-state index in [0.717, 1.165) is 45.0 Å². The number of β-amino-alcohol motifs (C(OH)–C–C–N with tert-alkyl or cyclic N) is 1. The molecule has 3 heterocycles. The van der Waals surface area contributed by atoms with Crippen molar-refractivity contribution < 1.29 is 19.6 Å². The molecule has 3 aliphatic rings. The van der Waals surface area contributed by atoms with E-state index in [-0.39, 0.29) is 18.5 Å². The summed E-state index contributed by atoms with van der Waals surface area (Å²) in [5, 5.41) is 13.3. The summed E-state index contributed by atoms with van der Waals surface area (Å²) in [6.45, 7) is 3.95. The number of carbonyl (C=O) groups excluding carboxylic acids is 2. The quantitative estimate of drug-likeness (QED) is 0.536. The standard InChI is InChI=1S/C18H26N6O3/c25-14(13-24-15(26)18(21-17(24)27)4-1-2-5-18)12-22-8-10-23(11-9-22)16-19-6-3-7-20-16/h3,6-7,14,25H,1-2,4-5,8-13H2,(H,21,27)/p+1/t14-/m1/s1. The van der Waals surface area contributed by atoms with Gasteiger partial charge in [0.05, 0.1) is 32.7 Å². The zero-order valence-corrected chi connectivity index (χ0v) is 15.4. The molecule has 9 nitrogen and oxygen atoms in total. The van der Waals surface area contributed by atoms with Gasteiger partial charge in [-0.1, -0.05) is 12.8 Å². The van der Waals surface area contributed by atoms with Crippen molar-refractivity contribution >= 4 is 17.9 Å². The normalized spacial score (nSPS) is 23.9. The van der Waals surface area contributed by atoms with Crippen LogP contribution in [-0.4, -0.2) is 82.8 Å². The molecule has 3 fully saturated rings. The van der Waals surface area contributed by atoms with E-state index in [9.17, 15) is 14.7 Å². The largest absolute Gasteiger partial charge is 0.385 e. The maximum absolute atomic E-state index is 12.7. The molecule has 3 N–H and O–H groups in total. The summed E-state index contributed by atoms with van der Waals surface area (Å²) >= 11 is 0. The number of aliphatic hydroxyl groups is 1. The Morgan fingerprint density at radius 3 is 2.52 bits per heavy atom. The molecule has 0 radical (unpaired) electrons. The number of aliphatic hydroxyl groups excluding tert-OH is 1. The zero-order valence-electron chi connectivity index (χ0n) is 15.4. The Hall–Kier alpha value is -2.26. The Balaban J connectivity index is 1.27. The number of quaternary nitrogens is 1. The number of imide groups is 1. The van der Waals surface area contributed by atoms with Crippen LogP contribution in [0.2, 0.25) is 0 Å². The summed E-state index contributed by atoms with van der Waals surface area (Å²) in [6, 6.07) is 1.44. The molecule has 0 bridgehead atoms. The fourth-order valence-electron chi connectivity index (χ4n) is 4.45. The molecule has 0 unspecified atom stereocenters. The second-order valence-electron chi connectivity index (χ2n) is 7.78. The van der Waals surface area contributed by atoms with Crippen molar-refractivity contribution in [3.63, 3.8) is 0 Å². The number of urea groups is 1. The molecule has 1 aromatic rings. The minimum absolute atomic E-state index is 0.0709. The summed E-state index contributed by atoms with van der Waals surface area (Å²) in [5.74, 6) is 0.573. The lowest BCUT2D eigenvalue weighted by Crippen LogP contribution is -3.16. The Morgan fingerprint density at radius 2 is 1.85 bits per heavy atom. The first-order valence-electron chi connectivity index (χ1n) is 9.75. The number of carbonyl (C=O) groups is 2. The lowest BCUT2D eigenvalue weighted by molar-refractivity contribution is -0.903. The average Bonchev–Trinajstić information content (AvgIpc) is 3.24. The molecular formula is C18H27N6O3+. The minimum Gasteiger partial charge on any atom is -0.385 e. The van der Waals surface area contributed by atoms with E-state index in [1.54, 1.807) is 18.5 Å². The topological polar surface area (TPSA) is 103 Å². The minimum atomic E-state index is -0.717. The molecular weight excluding hydrogens is 348 g/mol. The smallest absolute Gasteiger partial charge is 0.325 e. The summed E-state index contributed by atoms with van der Waals surface area (Å²) < 4.78 is 0. The van der Waals surface area contributed by atoms with E-state index < -0.39 is 11.6 Å². The number of hydrogen-bond donors (Lipinski definition) is 3. The van der Waals surface area contributed by atoms with Gasteiger partial charge in [-0.3, -0.25) is 9.69 Å². The van der Waals surface area contributed by atoms with Gasteiger partial charge in [-0.25, -0.2) is 14.8 Å². The van der Waals surface area contributed by atoms with E-state index in [1.807, 2.05) is 0 Å². The molecule has 1 spiro atoms. The molecule has 27 heavy (non-hydrogen) atoms. The molecule has 2 aliphatic heterocycles. The number of rotatable bonds is 5. The Labute approximate surface area is 158 Å². The van der Waals surface area contributed by atoms with Crippen LogP contribution in [0.5, 0.6) is 0 Å². The molecule has 2 saturated heterocycles. The van der Waals surface area contributed by atoms with Gasteiger partial charge in [0.15, 0.2) is 0 Å². The Kier molecular flexibility index (Phi) is 4.96. The first kappa shape index (κ1) is 18.1. The van der Waals surface area contributed by atoms with Crippen LogP contribution in [0.4, 0.5) is 10.7 Å². The summed E-state index contributed by atoms with van der Waals surface area (Å²) in [7, 11) is 0. The molecule has 1 aliphatic carbocycles. The van der Waals surface area contributed by atoms with Crippen LogP contribution in [0.1, 0.15) is 25.7 Å². The number of nitrogens with zero attached hydrogens (tertiary/aromatic N) is 4. The SMILES string of the molecule is O=C1NC2(CCCC2)C(=O)N1C[C@H](O)C[NH+]1CCN(c2ncccn2)CC1. The first-order chi connectivity index (χ1) is 13.1. The molecule has 4 rings (SSSR count). The highest BCUT2D eigenvalue weighted by molar-refractivity contribution is 6.07. The molecule has 0 aromatic carbocycles. The number of aromatic nitrogens is 2. The van der Waals surface area contributed by atoms with E-state index in [1.165, 1.54) is 9.80 Å². The maximum atomic E-state index is 12.7. The van der Waals surface area contributed by atoms with E-state index >= 15 is 0 Å². The summed E-state index contributed by atoms with van der Waals surface area (Å²) in [6.07, 6.45) is 6.09. The molecule has 1 aromatic heterocycles. The predicted molar refractivity (Wildman–Crippen MR) is 97.3 cm³/mol. The van der Waals surface area contributed by atoms with E-state index in [0.29, 0.717) is 19.4 Å². The first-order valence-corrected chi connectivity index (χ1v) is 9.75. The monoisotopic (exact) mass is 375 g/mol. The average molecular weight is 375 g/mol. The van der Waals surface area contributed by atoms with Gasteiger partial charge in [0, 0.05) is 12.4 Å². The maximum Gasteiger partial charge on any atom is 0.325 e. The van der Waals surface area contributed by atoms with Crippen molar-refractivity contribution in [3.05, 3.63) is 18.5 Å². The van der Waals surface area contributed by atoms with Crippen molar-refractivity contribution in [1.29, 1.82) is 0 Å². The van der Waals surface area contributed by atoms with Crippen molar-refractivity contribution in [2.45, 2.75) is 37.3 Å². The van der Waals surface area contributed by atoms with Gasteiger partial charge in [0.25, 0.3) is 5.91 Å². The van der Waals surface area contributed by atoms with Crippen LogP contribution in [0, 0.1) is 0 Å². The number of piperazine rings is 1. The van der Waals surface area contributed by atoms with Crippen LogP contribution in [0.3, 0.4) is 0 Å². The number of hydrogen-bond acceptors (Lipinski definition) is 6. The molecule has 3 amide bonds. The van der Waals surface area contributed by atoms with Crippen LogP contribution in [0.25, 0.3) is 0 Å². The second kappa shape index (κ2) is 7.40. The van der Waals surface area contributed by atoms with E-state index in [2.05, 4.69) is 20.2 Å². The highest BCUT2D eigenvalue weighted by Crippen LogP contribution is 2.34. The van der Waals surface area contributed by atoms with Gasteiger partial charge in [-0.15, -0.1) is 0 Å². The van der Waals surface area contributed by atoms with Gasteiger partial charge >= 0.3 is 6.03 Å². The van der Waals surface area contributed by atoms with Crippen LogP contribution in [-0.2, 0) is 4.79 Å². The van der Waals surface area contributed by atoms with Gasteiger partial charge in [0.1, 0.15) is 18.2 Å². The van der Waals surface area contributed by atoms with Gasteiger partial charge in [0.2, 0.25) is 5.95 Å². The molecule has 1 saturated carbocycles. The van der Waals surface area contributed by atoms with Crippen LogP contribution >= 0.6 is 0 Å². The van der Waals surface area contributed by atoms with E-state index in [4.69, 9.17) is 0 Å². The third kappa shape index (κ3) is 3.61. The third-order valence-corrected chi connectivity index (χ3v) is 5.93. The number of anilines is 1. The molecule has 9 heteroatoms.